The van der Waals surface area contributed by atoms with Crippen LogP contribution < -0.4 is 14.8 Å². The zero-order valence-electron chi connectivity index (χ0n) is 12.7. The molecule has 0 saturated carbocycles. The molecule has 1 rings (SSSR count). The highest BCUT2D eigenvalue weighted by molar-refractivity contribution is 5.41. The molecular weight excluding hydrogens is 270 g/mol. The average Bonchev–Trinajstić information content (AvgIpc) is 2.51. The Labute approximate surface area is 126 Å². The second-order valence-electron chi connectivity index (χ2n) is 4.52. The molecule has 5 nitrogen and oxygen atoms in total. The molecule has 0 heterocycles. The molecule has 0 amide bonds. The Kier molecular flexibility index (Phi) is 9.28. The molecule has 5 heteroatoms. The Hall–Kier alpha value is -1.56. The maximum Gasteiger partial charge on any atom is 0.123 e. The predicted molar refractivity (Wildman–Crippen MR) is 82.0 cm³/mol. The van der Waals surface area contributed by atoms with Crippen LogP contribution in [0.2, 0.25) is 0 Å². The molecule has 3 N–H and O–H groups in total. The summed E-state index contributed by atoms with van der Waals surface area (Å²) in [6.07, 6.45) is 2.58. The molecule has 0 saturated heterocycles. The highest BCUT2D eigenvalue weighted by atomic mass is 16.5. The molecule has 0 aromatic heterocycles. The van der Waals surface area contributed by atoms with E-state index in [0.29, 0.717) is 19.8 Å². The predicted octanol–water partition coefficient (Wildman–Crippen LogP) is 0.375. The van der Waals surface area contributed by atoms with Gasteiger partial charge in [0.1, 0.15) is 18.1 Å². The standard InChI is InChI=1S/C16H25NO4/c1-3-4-14-13-15(19-2)5-6-16(14)21-12-11-20-10-8-17-7-9-18/h3,5-6,13,17-18H,1,4,7-12H2,2H3/p+1. The summed E-state index contributed by atoms with van der Waals surface area (Å²) in [6, 6.07) is 5.75. The number of quaternary nitrogens is 1. The lowest BCUT2D eigenvalue weighted by Crippen LogP contribution is -2.86. The van der Waals surface area contributed by atoms with Gasteiger partial charge in [0, 0.05) is 5.56 Å². The normalized spacial score (nSPS) is 10.4. The fourth-order valence-electron chi connectivity index (χ4n) is 1.85. The van der Waals surface area contributed by atoms with Gasteiger partial charge in [-0.2, -0.15) is 0 Å². The fraction of sp³-hybridized carbons (Fsp3) is 0.500. The summed E-state index contributed by atoms with van der Waals surface area (Å²) in [5, 5.41) is 10.7. The van der Waals surface area contributed by atoms with Crippen LogP contribution in [0.1, 0.15) is 5.56 Å². The number of hydrogen-bond acceptors (Lipinski definition) is 4. The maximum absolute atomic E-state index is 8.63. The van der Waals surface area contributed by atoms with Crippen LogP contribution >= 0.6 is 0 Å². The van der Waals surface area contributed by atoms with Crippen molar-refractivity contribution >= 4 is 0 Å². The molecule has 0 atom stereocenters. The summed E-state index contributed by atoms with van der Waals surface area (Å²) in [4.78, 5) is 0. The number of allylic oxidation sites excluding steroid dienone is 1. The first-order valence-electron chi connectivity index (χ1n) is 7.22. The second kappa shape index (κ2) is 11.1. The smallest absolute Gasteiger partial charge is 0.123 e. The Morgan fingerprint density at radius 1 is 1.24 bits per heavy atom. The second-order valence-corrected chi connectivity index (χ2v) is 4.52. The molecule has 0 fully saturated rings. The SMILES string of the molecule is C=CCc1cc(OC)ccc1OCCOCC[NH2+]CCO. The van der Waals surface area contributed by atoms with Gasteiger partial charge in [-0.3, -0.25) is 0 Å². The van der Waals surface area contributed by atoms with Gasteiger partial charge in [0.15, 0.2) is 0 Å². The molecule has 0 aliphatic rings. The van der Waals surface area contributed by atoms with E-state index in [-0.39, 0.29) is 6.61 Å². The van der Waals surface area contributed by atoms with Crippen molar-refractivity contribution in [1.82, 2.24) is 0 Å². The third-order valence-electron chi connectivity index (χ3n) is 2.92. The molecule has 118 valence electrons. The molecule has 0 spiro atoms. The number of benzene rings is 1. The monoisotopic (exact) mass is 296 g/mol. The number of ether oxygens (including phenoxy) is 3. The van der Waals surface area contributed by atoms with Crippen LogP contribution in [0, 0.1) is 0 Å². The van der Waals surface area contributed by atoms with Gasteiger partial charge < -0.3 is 24.6 Å². The van der Waals surface area contributed by atoms with E-state index < -0.39 is 0 Å². The van der Waals surface area contributed by atoms with Crippen LogP contribution in [0.4, 0.5) is 0 Å². The van der Waals surface area contributed by atoms with Gasteiger partial charge in [0.25, 0.3) is 0 Å². The van der Waals surface area contributed by atoms with Gasteiger partial charge in [-0.1, -0.05) is 6.08 Å². The quantitative estimate of drug-likeness (QED) is 0.432. The van der Waals surface area contributed by atoms with Crippen molar-refractivity contribution < 1.29 is 24.6 Å². The van der Waals surface area contributed by atoms with Crippen molar-refractivity contribution in [3.8, 4) is 11.5 Å². The summed E-state index contributed by atoms with van der Waals surface area (Å²) >= 11 is 0. The lowest BCUT2D eigenvalue weighted by molar-refractivity contribution is -0.657. The van der Waals surface area contributed by atoms with E-state index in [2.05, 4.69) is 6.58 Å². The summed E-state index contributed by atoms with van der Waals surface area (Å²) in [5.41, 5.74) is 1.06. The van der Waals surface area contributed by atoms with Crippen LogP contribution in [-0.4, -0.2) is 51.7 Å². The molecule has 0 bridgehead atoms. The molecule has 0 aliphatic carbocycles. The minimum Gasteiger partial charge on any atom is -0.497 e. The molecule has 1 aromatic rings. The van der Waals surface area contributed by atoms with Crippen LogP contribution in [-0.2, 0) is 11.2 Å². The Morgan fingerprint density at radius 2 is 2.10 bits per heavy atom. The van der Waals surface area contributed by atoms with Crippen molar-refractivity contribution in [1.29, 1.82) is 0 Å². The van der Waals surface area contributed by atoms with Gasteiger partial charge in [-0.25, -0.2) is 0 Å². The highest BCUT2D eigenvalue weighted by Gasteiger charge is 2.04. The highest BCUT2D eigenvalue weighted by Crippen LogP contribution is 2.24. The first-order valence-corrected chi connectivity index (χ1v) is 7.22. The van der Waals surface area contributed by atoms with E-state index in [4.69, 9.17) is 19.3 Å². The lowest BCUT2D eigenvalue weighted by atomic mass is 10.1. The van der Waals surface area contributed by atoms with E-state index in [9.17, 15) is 0 Å². The third kappa shape index (κ3) is 7.13. The first kappa shape index (κ1) is 17.5. The molecule has 1 aromatic carbocycles. The minimum absolute atomic E-state index is 0.201. The number of rotatable bonds is 12. The average molecular weight is 296 g/mol. The van der Waals surface area contributed by atoms with Crippen molar-refractivity contribution in [2.45, 2.75) is 6.42 Å². The van der Waals surface area contributed by atoms with E-state index in [1.165, 1.54) is 0 Å². The zero-order valence-corrected chi connectivity index (χ0v) is 12.7. The third-order valence-corrected chi connectivity index (χ3v) is 2.92. The van der Waals surface area contributed by atoms with Gasteiger partial charge in [0.2, 0.25) is 0 Å². The topological polar surface area (TPSA) is 64.5 Å². The summed E-state index contributed by atoms with van der Waals surface area (Å²) in [5.74, 6) is 1.65. The minimum atomic E-state index is 0.201. The number of aliphatic hydroxyl groups is 1. The van der Waals surface area contributed by atoms with E-state index in [0.717, 1.165) is 36.6 Å². The van der Waals surface area contributed by atoms with Crippen LogP contribution in [0.25, 0.3) is 0 Å². The molecule has 0 radical (unpaired) electrons. The van der Waals surface area contributed by atoms with Gasteiger partial charge in [0.05, 0.1) is 40.0 Å². The molecule has 0 aliphatic heterocycles. The molecule has 0 unspecified atom stereocenters. The maximum atomic E-state index is 8.63. The number of methoxy groups -OCH3 is 1. The van der Waals surface area contributed by atoms with Gasteiger partial charge in [-0.05, 0) is 24.6 Å². The summed E-state index contributed by atoms with van der Waals surface area (Å²) < 4.78 is 16.4. The first-order chi connectivity index (χ1) is 10.3. The molecule has 21 heavy (non-hydrogen) atoms. The Balaban J connectivity index is 2.29. The van der Waals surface area contributed by atoms with Gasteiger partial charge >= 0.3 is 0 Å². The van der Waals surface area contributed by atoms with Crippen molar-refractivity contribution in [2.75, 3.05) is 46.6 Å². The van der Waals surface area contributed by atoms with Crippen LogP contribution in [0.15, 0.2) is 30.9 Å². The van der Waals surface area contributed by atoms with Crippen LogP contribution in [0.5, 0.6) is 11.5 Å². The van der Waals surface area contributed by atoms with E-state index in [1.807, 2.05) is 29.6 Å². The number of aliphatic hydroxyl groups excluding tert-OH is 1. The summed E-state index contributed by atoms with van der Waals surface area (Å²) in [6.45, 7) is 7.24. The Morgan fingerprint density at radius 3 is 2.81 bits per heavy atom. The van der Waals surface area contributed by atoms with E-state index in [1.54, 1.807) is 7.11 Å². The Bertz CT molecular complexity index is 409. The van der Waals surface area contributed by atoms with E-state index >= 15 is 0 Å². The van der Waals surface area contributed by atoms with Crippen LogP contribution in [0.3, 0.4) is 0 Å². The van der Waals surface area contributed by atoms with Crippen molar-refractivity contribution in [2.24, 2.45) is 0 Å². The summed E-state index contributed by atoms with van der Waals surface area (Å²) in [7, 11) is 1.65. The lowest BCUT2D eigenvalue weighted by Gasteiger charge is -2.12. The van der Waals surface area contributed by atoms with Crippen molar-refractivity contribution in [3.63, 3.8) is 0 Å². The number of hydrogen-bond donors (Lipinski definition) is 2. The largest absolute Gasteiger partial charge is 0.497 e. The molecular formula is C16H26NO4+. The fourth-order valence-corrected chi connectivity index (χ4v) is 1.85. The van der Waals surface area contributed by atoms with Crippen molar-refractivity contribution in [3.05, 3.63) is 36.4 Å². The zero-order chi connectivity index (χ0) is 15.3. The van der Waals surface area contributed by atoms with Gasteiger partial charge in [-0.15, -0.1) is 6.58 Å². The number of nitrogens with two attached hydrogens (primary N) is 1.